The minimum atomic E-state index is -1.49. The van der Waals surface area contributed by atoms with Crippen LogP contribution in [-0.2, 0) is 20.3 Å². The van der Waals surface area contributed by atoms with Gasteiger partial charge in [0, 0.05) is 22.8 Å². The summed E-state index contributed by atoms with van der Waals surface area (Å²) < 4.78 is 33.8. The van der Waals surface area contributed by atoms with Crippen molar-refractivity contribution < 1.29 is 43.6 Å². The average Bonchev–Trinajstić information content (AvgIpc) is 3.13. The summed E-state index contributed by atoms with van der Waals surface area (Å²) in [7, 11) is -0.615. The molecule has 9 nitrogen and oxygen atoms in total. The lowest BCUT2D eigenvalue weighted by Crippen LogP contribution is -2.59. The summed E-state index contributed by atoms with van der Waals surface area (Å²) in [5, 5.41) is 49.0. The van der Waals surface area contributed by atoms with Crippen molar-refractivity contribution in [3.63, 3.8) is 0 Å². The lowest BCUT2D eigenvalue weighted by molar-refractivity contribution is -0.302. The van der Waals surface area contributed by atoms with Gasteiger partial charge in [0.25, 0.3) is 0 Å². The number of allylic oxidation sites excluding steroid dienone is 1. The fourth-order valence-electron chi connectivity index (χ4n) is 6.58. The van der Waals surface area contributed by atoms with Gasteiger partial charge in [0.1, 0.15) is 24.4 Å². The number of unbranched alkanes of at least 4 members (excludes halogenated alkanes) is 20. The molecule has 0 aliphatic carbocycles. The van der Waals surface area contributed by atoms with E-state index >= 15 is 0 Å². The molecular formula is C41H82FNO8S. The summed E-state index contributed by atoms with van der Waals surface area (Å²) in [6, 6.07) is -0.653. The third-order valence-electron chi connectivity index (χ3n) is 10.2. The average molecular weight is 768 g/mol. The van der Waals surface area contributed by atoms with E-state index in [1.54, 1.807) is 6.26 Å². The van der Waals surface area contributed by atoms with Crippen LogP contribution >= 0.6 is 0 Å². The number of aliphatic hydroxyl groups excluding tert-OH is 5. The molecule has 0 aromatic rings. The van der Waals surface area contributed by atoms with Gasteiger partial charge in [-0.15, -0.1) is 6.58 Å². The Labute approximate surface area is 320 Å². The molecule has 0 saturated carbocycles. The number of alkyl halides is 1. The quantitative estimate of drug-likeness (QED) is 0.0290. The maximum atomic E-state index is 12.2. The first-order valence-electron chi connectivity index (χ1n) is 21.0. The fraction of sp³-hybridized carbons (Fsp3) is 0.951. The summed E-state index contributed by atoms with van der Waals surface area (Å²) in [6.07, 6.45) is 26.5. The van der Waals surface area contributed by atoms with E-state index in [0.717, 1.165) is 31.4 Å². The van der Waals surface area contributed by atoms with Crippen LogP contribution in [0, 0.1) is 5.92 Å². The lowest BCUT2D eigenvalue weighted by atomic mass is 9.97. The highest BCUT2D eigenvalue weighted by Gasteiger charge is 2.44. The molecule has 1 aliphatic heterocycles. The van der Waals surface area contributed by atoms with Gasteiger partial charge in [-0.05, 0) is 31.6 Å². The van der Waals surface area contributed by atoms with Crippen LogP contribution < -0.4 is 5.73 Å². The van der Waals surface area contributed by atoms with Gasteiger partial charge < -0.3 is 40.7 Å². The number of ether oxygens (including phenoxy) is 2. The van der Waals surface area contributed by atoms with Crippen LogP contribution in [0.5, 0.6) is 0 Å². The van der Waals surface area contributed by atoms with Gasteiger partial charge >= 0.3 is 0 Å². The van der Waals surface area contributed by atoms with Crippen molar-refractivity contribution in [1.82, 2.24) is 0 Å². The summed E-state index contributed by atoms with van der Waals surface area (Å²) >= 11 is 0. The third-order valence-corrected chi connectivity index (χ3v) is 11.1. The minimum Gasteiger partial charge on any atom is -0.394 e. The molecule has 11 heteroatoms. The summed E-state index contributed by atoms with van der Waals surface area (Å²) in [6.45, 7) is 5.21. The van der Waals surface area contributed by atoms with E-state index in [-0.39, 0.29) is 13.3 Å². The van der Waals surface area contributed by atoms with Crippen LogP contribution in [0.4, 0.5) is 4.39 Å². The molecule has 0 aromatic carbocycles. The zero-order valence-electron chi connectivity index (χ0n) is 33.2. The zero-order valence-corrected chi connectivity index (χ0v) is 34.1. The van der Waals surface area contributed by atoms with E-state index in [2.05, 4.69) is 13.5 Å². The van der Waals surface area contributed by atoms with E-state index in [4.69, 9.17) is 15.2 Å². The highest BCUT2D eigenvalue weighted by atomic mass is 32.2. The van der Waals surface area contributed by atoms with Gasteiger partial charge in [0.05, 0.1) is 32.0 Å². The molecule has 0 spiro atoms. The van der Waals surface area contributed by atoms with Crippen molar-refractivity contribution in [1.29, 1.82) is 0 Å². The lowest BCUT2D eigenvalue weighted by Gasteiger charge is -2.40. The third kappa shape index (κ3) is 28.0. The van der Waals surface area contributed by atoms with E-state index in [0.29, 0.717) is 18.8 Å². The zero-order chi connectivity index (χ0) is 38.8. The van der Waals surface area contributed by atoms with Crippen molar-refractivity contribution >= 4 is 10.8 Å². The van der Waals surface area contributed by atoms with Crippen LogP contribution in [0.15, 0.2) is 12.7 Å². The molecule has 9 unspecified atom stereocenters. The monoisotopic (exact) mass is 768 g/mol. The van der Waals surface area contributed by atoms with Gasteiger partial charge in [-0.1, -0.05) is 148 Å². The second-order valence-electron chi connectivity index (χ2n) is 15.0. The summed E-state index contributed by atoms with van der Waals surface area (Å²) in [5.41, 5.74) is 5.98. The number of hydrogen-bond acceptors (Lipinski definition) is 9. The Morgan fingerprint density at radius 3 is 1.65 bits per heavy atom. The maximum absolute atomic E-state index is 12.2. The smallest absolute Gasteiger partial charge is 0.186 e. The van der Waals surface area contributed by atoms with Gasteiger partial charge in [-0.2, -0.15) is 0 Å². The van der Waals surface area contributed by atoms with Crippen molar-refractivity contribution in [3.8, 4) is 0 Å². The maximum Gasteiger partial charge on any atom is 0.186 e. The van der Waals surface area contributed by atoms with Crippen molar-refractivity contribution in [2.75, 3.05) is 31.9 Å². The van der Waals surface area contributed by atoms with Gasteiger partial charge in [0.2, 0.25) is 0 Å². The molecule has 1 saturated heterocycles. The largest absolute Gasteiger partial charge is 0.394 e. The molecule has 0 aromatic heterocycles. The summed E-state index contributed by atoms with van der Waals surface area (Å²) in [5.74, 6) is 1.24. The Kier molecular flexibility index (Phi) is 35.8. The van der Waals surface area contributed by atoms with Gasteiger partial charge in [0.15, 0.2) is 6.29 Å². The second kappa shape index (κ2) is 36.2. The standard InChI is InChI=1S/C24H49NO7.C17H33FOS/c1-2-3-4-5-6-7-8-9-10-11-12-13-14-15-19(27)18(25)17-31-24-23(30)22(29)21(28)20(16-26)32-24;1-3-17(14-15-18)13-11-9-7-5-4-6-8-10-12-16-20(2)19/h18-24,26-30H,2-17,25H2,1H3;3,17H,1,4-16H2,2H3. The molecule has 0 radical (unpaired) electrons. The highest BCUT2D eigenvalue weighted by molar-refractivity contribution is 7.84. The Balaban J connectivity index is 0.00000112. The molecule has 1 heterocycles. The van der Waals surface area contributed by atoms with E-state index in [1.807, 2.05) is 6.08 Å². The Morgan fingerprint density at radius 2 is 1.21 bits per heavy atom. The molecule has 1 fully saturated rings. The first kappa shape index (κ1) is 51.5. The van der Waals surface area contributed by atoms with Crippen LogP contribution in [-0.4, -0.2) is 104 Å². The topological polar surface area (TPSA) is 163 Å². The van der Waals surface area contributed by atoms with Gasteiger partial charge in [-0.3, -0.25) is 8.60 Å². The molecule has 0 bridgehead atoms. The molecule has 0 amide bonds. The van der Waals surface area contributed by atoms with Crippen molar-refractivity contribution in [2.24, 2.45) is 11.7 Å². The predicted octanol–water partition coefficient (Wildman–Crippen LogP) is 7.40. The number of nitrogens with two attached hydrogens (primary N) is 1. The molecule has 1 rings (SSSR count). The number of halogens is 1. The predicted molar refractivity (Wildman–Crippen MR) is 213 cm³/mol. The first-order valence-corrected chi connectivity index (χ1v) is 22.7. The second-order valence-corrected chi connectivity index (χ2v) is 16.6. The highest BCUT2D eigenvalue weighted by Crippen LogP contribution is 2.23. The SMILES string of the molecule is C=CC(CCF)CCCCCCCCCCCS(C)=O.CCCCCCCCCCCCCCCC(O)C(N)COC1OC(CO)C(O)C(O)C1O. The number of rotatable bonds is 34. The van der Waals surface area contributed by atoms with Crippen LogP contribution in [0.25, 0.3) is 0 Å². The van der Waals surface area contributed by atoms with E-state index in [9.17, 15) is 34.1 Å². The van der Waals surface area contributed by atoms with Crippen molar-refractivity contribution in [3.05, 3.63) is 12.7 Å². The van der Waals surface area contributed by atoms with Gasteiger partial charge in [-0.25, -0.2) is 0 Å². The Bertz CT molecular complexity index is 813. The van der Waals surface area contributed by atoms with Crippen LogP contribution in [0.2, 0.25) is 0 Å². The summed E-state index contributed by atoms with van der Waals surface area (Å²) in [4.78, 5) is 0. The fourth-order valence-corrected chi connectivity index (χ4v) is 7.19. The molecule has 52 heavy (non-hydrogen) atoms. The minimum absolute atomic E-state index is 0.0672. The first-order chi connectivity index (χ1) is 25.1. The Hall–Kier alpha value is -0.500. The number of aliphatic hydroxyl groups is 5. The number of hydrogen-bond donors (Lipinski definition) is 6. The molecule has 7 N–H and O–H groups in total. The van der Waals surface area contributed by atoms with E-state index < -0.39 is 60.3 Å². The normalized spacial score (nSPS) is 22.7. The van der Waals surface area contributed by atoms with Crippen LogP contribution in [0.3, 0.4) is 0 Å². The van der Waals surface area contributed by atoms with Crippen molar-refractivity contribution in [2.45, 2.75) is 210 Å². The van der Waals surface area contributed by atoms with E-state index in [1.165, 1.54) is 122 Å². The molecular weight excluding hydrogens is 686 g/mol. The Morgan fingerprint density at radius 1 is 0.750 bits per heavy atom. The molecule has 312 valence electrons. The van der Waals surface area contributed by atoms with Crippen LogP contribution in [0.1, 0.15) is 167 Å². The molecule has 9 atom stereocenters. The molecule has 1 aliphatic rings.